The van der Waals surface area contributed by atoms with Gasteiger partial charge >= 0.3 is 0 Å². The van der Waals surface area contributed by atoms with Crippen LogP contribution >= 0.6 is 0 Å². The highest BCUT2D eigenvalue weighted by Gasteiger charge is 2.16. The van der Waals surface area contributed by atoms with Gasteiger partial charge in [0.15, 0.2) is 6.10 Å². The van der Waals surface area contributed by atoms with Crippen LogP contribution < -0.4 is 15.4 Å². The van der Waals surface area contributed by atoms with Crippen LogP contribution in [0.5, 0.6) is 5.75 Å². The second-order valence-electron chi connectivity index (χ2n) is 5.64. The van der Waals surface area contributed by atoms with Crippen molar-refractivity contribution in [1.29, 1.82) is 0 Å². The highest BCUT2D eigenvalue weighted by atomic mass is 19.1. The third-order valence-corrected chi connectivity index (χ3v) is 3.58. The molecule has 0 spiro atoms. The normalized spacial score (nSPS) is 11.5. The SMILES string of the molecule is CCC(=O)Nc1ccc(C)c(NC(=O)C(C)Oc2cccc(F)c2)c1. The van der Waals surface area contributed by atoms with E-state index in [1.54, 1.807) is 38.1 Å². The summed E-state index contributed by atoms with van der Waals surface area (Å²) in [6.45, 7) is 5.19. The van der Waals surface area contributed by atoms with Crippen LogP contribution in [0.1, 0.15) is 25.8 Å². The van der Waals surface area contributed by atoms with Crippen LogP contribution in [-0.4, -0.2) is 17.9 Å². The summed E-state index contributed by atoms with van der Waals surface area (Å²) >= 11 is 0. The Morgan fingerprint density at radius 3 is 2.60 bits per heavy atom. The molecule has 25 heavy (non-hydrogen) atoms. The van der Waals surface area contributed by atoms with Gasteiger partial charge in [0, 0.05) is 23.9 Å². The number of amides is 2. The third-order valence-electron chi connectivity index (χ3n) is 3.58. The maximum Gasteiger partial charge on any atom is 0.265 e. The highest BCUT2D eigenvalue weighted by Crippen LogP contribution is 2.21. The predicted molar refractivity (Wildman–Crippen MR) is 95.2 cm³/mol. The van der Waals surface area contributed by atoms with Crippen molar-refractivity contribution in [3.63, 3.8) is 0 Å². The smallest absolute Gasteiger partial charge is 0.265 e. The average molecular weight is 344 g/mol. The molecule has 132 valence electrons. The van der Waals surface area contributed by atoms with Crippen LogP contribution in [0.15, 0.2) is 42.5 Å². The Kier molecular flexibility index (Phi) is 6.11. The number of hydrogen-bond acceptors (Lipinski definition) is 3. The number of carbonyl (C=O) groups excluding carboxylic acids is 2. The summed E-state index contributed by atoms with van der Waals surface area (Å²) in [5.74, 6) is -0.626. The van der Waals surface area contributed by atoms with E-state index < -0.39 is 11.9 Å². The second kappa shape index (κ2) is 8.28. The summed E-state index contributed by atoms with van der Waals surface area (Å²) in [6, 6.07) is 10.9. The minimum absolute atomic E-state index is 0.107. The number of rotatable bonds is 6. The molecule has 2 rings (SSSR count). The minimum atomic E-state index is -0.810. The molecule has 0 saturated heterocycles. The molecule has 0 aliphatic rings. The lowest BCUT2D eigenvalue weighted by atomic mass is 10.1. The minimum Gasteiger partial charge on any atom is -0.481 e. The second-order valence-corrected chi connectivity index (χ2v) is 5.64. The van der Waals surface area contributed by atoms with Crippen molar-refractivity contribution in [3.05, 3.63) is 53.8 Å². The summed E-state index contributed by atoms with van der Waals surface area (Å²) in [6.07, 6.45) is -0.441. The predicted octanol–water partition coefficient (Wildman–Crippen LogP) is 3.89. The monoisotopic (exact) mass is 344 g/mol. The zero-order valence-electron chi connectivity index (χ0n) is 14.4. The number of aryl methyl sites for hydroxylation is 1. The first kappa shape index (κ1) is 18.4. The summed E-state index contributed by atoms with van der Waals surface area (Å²) < 4.78 is 18.6. The number of benzene rings is 2. The first-order valence-corrected chi connectivity index (χ1v) is 8.02. The fraction of sp³-hybridized carbons (Fsp3) is 0.263. The third kappa shape index (κ3) is 5.31. The van der Waals surface area contributed by atoms with Gasteiger partial charge in [-0.05, 0) is 43.7 Å². The van der Waals surface area contributed by atoms with E-state index in [0.29, 0.717) is 17.8 Å². The van der Waals surface area contributed by atoms with Gasteiger partial charge in [-0.3, -0.25) is 9.59 Å². The Bertz CT molecular complexity index is 777. The van der Waals surface area contributed by atoms with Crippen molar-refractivity contribution in [2.75, 3.05) is 10.6 Å². The highest BCUT2D eigenvalue weighted by molar-refractivity contribution is 5.96. The zero-order valence-corrected chi connectivity index (χ0v) is 14.4. The molecule has 0 bridgehead atoms. The van der Waals surface area contributed by atoms with Gasteiger partial charge < -0.3 is 15.4 Å². The molecule has 6 heteroatoms. The van der Waals surface area contributed by atoms with Gasteiger partial charge in [0.25, 0.3) is 5.91 Å². The summed E-state index contributed by atoms with van der Waals surface area (Å²) in [5, 5.41) is 5.51. The molecular weight excluding hydrogens is 323 g/mol. The van der Waals surface area contributed by atoms with E-state index in [1.165, 1.54) is 18.2 Å². The number of carbonyl (C=O) groups is 2. The van der Waals surface area contributed by atoms with Gasteiger partial charge in [0.2, 0.25) is 5.91 Å². The molecule has 0 radical (unpaired) electrons. The Balaban J connectivity index is 2.06. The van der Waals surface area contributed by atoms with Crippen LogP contribution in [0.3, 0.4) is 0 Å². The van der Waals surface area contributed by atoms with Gasteiger partial charge in [0.1, 0.15) is 11.6 Å². The molecule has 0 aliphatic carbocycles. The van der Waals surface area contributed by atoms with Crippen LogP contribution in [-0.2, 0) is 9.59 Å². The Hall–Kier alpha value is -2.89. The lowest BCUT2D eigenvalue weighted by Gasteiger charge is -2.16. The molecule has 2 aromatic carbocycles. The number of halogens is 1. The first-order valence-electron chi connectivity index (χ1n) is 8.02. The quantitative estimate of drug-likeness (QED) is 0.835. The molecule has 0 aromatic heterocycles. The van der Waals surface area contributed by atoms with Gasteiger partial charge in [-0.15, -0.1) is 0 Å². The Morgan fingerprint density at radius 1 is 1.16 bits per heavy atom. The topological polar surface area (TPSA) is 67.4 Å². The van der Waals surface area contributed by atoms with E-state index in [9.17, 15) is 14.0 Å². The molecule has 2 N–H and O–H groups in total. The van der Waals surface area contributed by atoms with Crippen molar-refractivity contribution >= 4 is 23.2 Å². The van der Waals surface area contributed by atoms with Crippen LogP contribution in [0, 0.1) is 12.7 Å². The Labute approximate surface area is 146 Å². The first-order chi connectivity index (χ1) is 11.9. The molecule has 0 fully saturated rings. The lowest BCUT2D eigenvalue weighted by molar-refractivity contribution is -0.122. The molecule has 2 aromatic rings. The number of nitrogens with one attached hydrogen (secondary N) is 2. The van der Waals surface area contributed by atoms with Crippen molar-refractivity contribution in [3.8, 4) is 5.75 Å². The van der Waals surface area contributed by atoms with E-state index >= 15 is 0 Å². The largest absolute Gasteiger partial charge is 0.481 e. The maximum absolute atomic E-state index is 13.2. The number of anilines is 2. The summed E-state index contributed by atoms with van der Waals surface area (Å²) in [7, 11) is 0. The van der Waals surface area contributed by atoms with Gasteiger partial charge in [0.05, 0.1) is 0 Å². The fourth-order valence-electron chi connectivity index (χ4n) is 2.12. The van der Waals surface area contributed by atoms with E-state index in [4.69, 9.17) is 4.74 Å². The van der Waals surface area contributed by atoms with Gasteiger partial charge in [-0.1, -0.05) is 19.1 Å². The Morgan fingerprint density at radius 2 is 1.92 bits per heavy atom. The molecule has 1 unspecified atom stereocenters. The molecule has 0 heterocycles. The standard InChI is InChI=1S/C19H21FN2O3/c1-4-18(23)21-15-9-8-12(2)17(11-15)22-19(24)13(3)25-16-7-5-6-14(20)10-16/h5-11,13H,4H2,1-3H3,(H,21,23)(H,22,24). The van der Waals surface area contributed by atoms with E-state index in [0.717, 1.165) is 5.56 Å². The van der Waals surface area contributed by atoms with Crippen LogP contribution in [0.25, 0.3) is 0 Å². The van der Waals surface area contributed by atoms with Crippen molar-refractivity contribution in [2.24, 2.45) is 0 Å². The zero-order chi connectivity index (χ0) is 18.4. The molecular formula is C19H21FN2O3. The molecule has 0 aliphatic heterocycles. The van der Waals surface area contributed by atoms with Gasteiger partial charge in [-0.25, -0.2) is 4.39 Å². The molecule has 1 atom stereocenters. The molecule has 2 amide bonds. The van der Waals surface area contributed by atoms with Crippen molar-refractivity contribution in [1.82, 2.24) is 0 Å². The summed E-state index contributed by atoms with van der Waals surface area (Å²) in [4.78, 5) is 23.8. The van der Waals surface area contributed by atoms with Gasteiger partial charge in [-0.2, -0.15) is 0 Å². The summed E-state index contributed by atoms with van der Waals surface area (Å²) in [5.41, 5.74) is 2.03. The average Bonchev–Trinajstić information content (AvgIpc) is 2.57. The van der Waals surface area contributed by atoms with E-state index in [2.05, 4.69) is 10.6 Å². The van der Waals surface area contributed by atoms with Crippen LogP contribution in [0.2, 0.25) is 0 Å². The lowest BCUT2D eigenvalue weighted by Crippen LogP contribution is -2.30. The van der Waals surface area contributed by atoms with Crippen LogP contribution in [0.4, 0.5) is 15.8 Å². The maximum atomic E-state index is 13.2. The fourth-order valence-corrected chi connectivity index (χ4v) is 2.12. The van der Waals surface area contributed by atoms with E-state index in [-0.39, 0.29) is 17.6 Å². The number of ether oxygens (including phenoxy) is 1. The van der Waals surface area contributed by atoms with Crippen molar-refractivity contribution in [2.45, 2.75) is 33.3 Å². The van der Waals surface area contributed by atoms with Crippen molar-refractivity contribution < 1.29 is 18.7 Å². The molecule has 5 nitrogen and oxygen atoms in total. The molecule has 0 saturated carbocycles. The number of hydrogen-bond donors (Lipinski definition) is 2. The van der Waals surface area contributed by atoms with E-state index in [1.807, 2.05) is 6.92 Å².